The smallest absolute Gasteiger partial charge is 0.157 e. The van der Waals surface area contributed by atoms with Gasteiger partial charge in [0, 0.05) is 32.2 Å². The first-order valence-electron chi connectivity index (χ1n) is 7.10. The van der Waals surface area contributed by atoms with Crippen LogP contribution in [0.3, 0.4) is 0 Å². The fraction of sp³-hybridized carbons (Fsp3) is 0.600. The number of nitrogens with zero attached hydrogens (tertiary/aromatic N) is 1. The summed E-state index contributed by atoms with van der Waals surface area (Å²) in [6.07, 6.45) is 1.09. The van der Waals surface area contributed by atoms with E-state index in [4.69, 9.17) is 0 Å². The Hall–Kier alpha value is -0.680. The van der Waals surface area contributed by atoms with E-state index in [0.29, 0.717) is 12.0 Å². The van der Waals surface area contributed by atoms with Crippen molar-refractivity contribution in [3.63, 3.8) is 0 Å². The molecule has 6 heteroatoms. The van der Waals surface area contributed by atoms with Crippen LogP contribution < -0.4 is 5.32 Å². The average molecular weight is 337 g/mol. The van der Waals surface area contributed by atoms with Gasteiger partial charge in [-0.15, -0.1) is 24.8 Å². The lowest BCUT2D eigenvalue weighted by molar-refractivity contribution is 0.128. The second-order valence-electron chi connectivity index (χ2n) is 5.36. The fourth-order valence-corrected chi connectivity index (χ4v) is 2.81. The van der Waals surface area contributed by atoms with Crippen molar-refractivity contribution < 1.29 is 10.2 Å². The largest absolute Gasteiger partial charge is 0.504 e. The van der Waals surface area contributed by atoms with E-state index in [9.17, 15) is 10.2 Å². The Morgan fingerprint density at radius 2 is 1.76 bits per heavy atom. The fourth-order valence-electron chi connectivity index (χ4n) is 2.81. The second kappa shape index (κ2) is 9.36. The third-order valence-electron chi connectivity index (χ3n) is 4.07. The van der Waals surface area contributed by atoms with Crippen LogP contribution in [0.25, 0.3) is 0 Å². The van der Waals surface area contributed by atoms with Gasteiger partial charge in [-0.2, -0.15) is 0 Å². The molecular weight excluding hydrogens is 311 g/mol. The van der Waals surface area contributed by atoms with Crippen molar-refractivity contribution in [2.75, 3.05) is 26.2 Å². The molecule has 1 saturated heterocycles. The first-order chi connectivity index (χ1) is 9.13. The van der Waals surface area contributed by atoms with E-state index >= 15 is 0 Å². The third kappa shape index (κ3) is 4.92. The Labute approximate surface area is 139 Å². The Balaban J connectivity index is 0.00000200. The van der Waals surface area contributed by atoms with E-state index in [-0.39, 0.29) is 36.3 Å². The summed E-state index contributed by atoms with van der Waals surface area (Å²) in [4.78, 5) is 2.47. The number of halogens is 2. The number of benzene rings is 1. The molecule has 0 radical (unpaired) electrons. The monoisotopic (exact) mass is 336 g/mol. The maximum absolute atomic E-state index is 9.72. The predicted molar refractivity (Wildman–Crippen MR) is 90.9 cm³/mol. The number of hydrogen-bond acceptors (Lipinski definition) is 4. The van der Waals surface area contributed by atoms with E-state index in [2.05, 4.69) is 24.1 Å². The van der Waals surface area contributed by atoms with E-state index in [1.807, 2.05) is 6.07 Å². The van der Waals surface area contributed by atoms with Gasteiger partial charge in [0.1, 0.15) is 0 Å². The summed E-state index contributed by atoms with van der Waals surface area (Å²) in [7, 11) is 0. The van der Waals surface area contributed by atoms with Crippen molar-refractivity contribution in [2.45, 2.75) is 26.3 Å². The summed E-state index contributed by atoms with van der Waals surface area (Å²) in [6, 6.07) is 5.52. The third-order valence-corrected chi connectivity index (χ3v) is 4.07. The van der Waals surface area contributed by atoms with Crippen LogP contribution in [0, 0.1) is 5.92 Å². The Morgan fingerprint density at radius 3 is 2.29 bits per heavy atom. The lowest BCUT2D eigenvalue weighted by Gasteiger charge is -2.38. The molecule has 2 rings (SSSR count). The number of aromatic hydroxyl groups is 2. The van der Waals surface area contributed by atoms with Crippen LogP contribution in [-0.4, -0.2) is 41.3 Å². The van der Waals surface area contributed by atoms with Gasteiger partial charge in [0.05, 0.1) is 0 Å². The molecule has 1 heterocycles. The SMILES string of the molecule is CCC(C)[C@H](c1ccc(O)c(O)c1)N1CCNCC1.Cl.Cl. The Kier molecular flexibility index (Phi) is 9.06. The van der Waals surface area contributed by atoms with Gasteiger partial charge < -0.3 is 15.5 Å². The molecule has 1 aromatic rings. The quantitative estimate of drug-likeness (QED) is 0.740. The molecular formula is C15H26Cl2N2O2. The summed E-state index contributed by atoms with van der Waals surface area (Å²) in [5, 5.41) is 22.5. The molecule has 0 aliphatic carbocycles. The van der Waals surface area contributed by atoms with Crippen LogP contribution in [0.15, 0.2) is 18.2 Å². The summed E-state index contributed by atoms with van der Waals surface area (Å²) >= 11 is 0. The van der Waals surface area contributed by atoms with Crippen molar-refractivity contribution in [1.29, 1.82) is 0 Å². The second-order valence-corrected chi connectivity index (χ2v) is 5.36. The van der Waals surface area contributed by atoms with E-state index < -0.39 is 0 Å². The highest BCUT2D eigenvalue weighted by Gasteiger charge is 2.26. The van der Waals surface area contributed by atoms with Gasteiger partial charge >= 0.3 is 0 Å². The van der Waals surface area contributed by atoms with Gasteiger partial charge in [-0.25, -0.2) is 0 Å². The van der Waals surface area contributed by atoms with Crippen LogP contribution in [0.5, 0.6) is 11.5 Å². The standard InChI is InChI=1S/C15H24N2O2.2ClH/c1-3-11(2)15(17-8-6-16-7-9-17)12-4-5-13(18)14(19)10-12;;/h4-5,10-11,15-16,18-19H,3,6-9H2,1-2H3;2*1H/t11?,15-;;/m1../s1. The number of piperazine rings is 1. The molecule has 1 fully saturated rings. The molecule has 1 unspecified atom stereocenters. The predicted octanol–water partition coefficient (Wildman–Crippen LogP) is 2.93. The number of rotatable bonds is 4. The highest BCUT2D eigenvalue weighted by atomic mass is 35.5. The lowest BCUT2D eigenvalue weighted by Crippen LogP contribution is -2.46. The Bertz CT molecular complexity index is 426. The number of hydrogen-bond donors (Lipinski definition) is 3. The van der Waals surface area contributed by atoms with Gasteiger partial charge in [-0.05, 0) is 23.6 Å². The molecule has 0 amide bonds. The lowest BCUT2D eigenvalue weighted by atomic mass is 9.90. The number of phenols is 2. The average Bonchev–Trinajstić information content (AvgIpc) is 2.44. The Morgan fingerprint density at radius 1 is 1.14 bits per heavy atom. The van der Waals surface area contributed by atoms with Crippen molar-refractivity contribution in [3.8, 4) is 11.5 Å². The number of phenolic OH excluding ortho intramolecular Hbond substituents is 2. The van der Waals surface area contributed by atoms with Gasteiger partial charge in [0.15, 0.2) is 11.5 Å². The zero-order valence-corrected chi connectivity index (χ0v) is 14.2. The minimum atomic E-state index is -0.0491. The molecule has 0 aromatic heterocycles. The molecule has 0 spiro atoms. The van der Waals surface area contributed by atoms with Crippen molar-refractivity contribution >= 4 is 24.8 Å². The number of nitrogens with one attached hydrogen (secondary N) is 1. The molecule has 0 bridgehead atoms. The molecule has 2 atom stereocenters. The van der Waals surface area contributed by atoms with Crippen LogP contribution in [0.1, 0.15) is 31.9 Å². The molecule has 1 aromatic carbocycles. The topological polar surface area (TPSA) is 55.7 Å². The highest BCUT2D eigenvalue weighted by Crippen LogP contribution is 2.35. The minimum Gasteiger partial charge on any atom is -0.504 e. The maximum atomic E-state index is 9.72. The van der Waals surface area contributed by atoms with Gasteiger partial charge in [-0.3, -0.25) is 4.90 Å². The first kappa shape index (κ1) is 20.3. The molecule has 122 valence electrons. The van der Waals surface area contributed by atoms with Crippen LogP contribution >= 0.6 is 24.8 Å². The molecule has 3 N–H and O–H groups in total. The van der Waals surface area contributed by atoms with Gasteiger partial charge in [0.25, 0.3) is 0 Å². The zero-order chi connectivity index (χ0) is 13.8. The van der Waals surface area contributed by atoms with Gasteiger partial charge in [-0.1, -0.05) is 26.3 Å². The maximum Gasteiger partial charge on any atom is 0.157 e. The van der Waals surface area contributed by atoms with Crippen LogP contribution in [0.2, 0.25) is 0 Å². The molecule has 4 nitrogen and oxygen atoms in total. The van der Waals surface area contributed by atoms with Crippen molar-refractivity contribution in [3.05, 3.63) is 23.8 Å². The molecule has 21 heavy (non-hydrogen) atoms. The van der Waals surface area contributed by atoms with E-state index in [1.54, 1.807) is 12.1 Å². The summed E-state index contributed by atoms with van der Waals surface area (Å²) in [5.74, 6) is 0.440. The summed E-state index contributed by atoms with van der Waals surface area (Å²) in [5.41, 5.74) is 1.09. The molecule has 0 saturated carbocycles. The van der Waals surface area contributed by atoms with Gasteiger partial charge in [0.2, 0.25) is 0 Å². The van der Waals surface area contributed by atoms with Crippen LogP contribution in [0.4, 0.5) is 0 Å². The molecule has 1 aliphatic rings. The summed E-state index contributed by atoms with van der Waals surface area (Å²) in [6.45, 7) is 8.51. The van der Waals surface area contributed by atoms with E-state index in [1.165, 1.54) is 0 Å². The minimum absolute atomic E-state index is 0. The zero-order valence-electron chi connectivity index (χ0n) is 12.6. The summed E-state index contributed by atoms with van der Waals surface area (Å²) < 4.78 is 0. The van der Waals surface area contributed by atoms with Crippen LogP contribution in [-0.2, 0) is 0 Å². The normalized spacial score (nSPS) is 18.2. The van der Waals surface area contributed by atoms with Crippen molar-refractivity contribution in [1.82, 2.24) is 10.2 Å². The first-order valence-corrected chi connectivity index (χ1v) is 7.10. The van der Waals surface area contributed by atoms with E-state index in [0.717, 1.165) is 38.2 Å². The van der Waals surface area contributed by atoms with Crippen molar-refractivity contribution in [2.24, 2.45) is 5.92 Å². The highest BCUT2D eigenvalue weighted by molar-refractivity contribution is 5.85. The molecule has 1 aliphatic heterocycles.